The molecule has 4 nitrogen and oxygen atoms in total. The Labute approximate surface area is 115 Å². The second-order valence-electron chi connectivity index (χ2n) is 4.09. The van der Waals surface area contributed by atoms with Crippen molar-refractivity contribution in [2.24, 2.45) is 5.73 Å². The fourth-order valence-electron chi connectivity index (χ4n) is 1.73. The molecule has 6 heteroatoms. The molecule has 3 unspecified atom stereocenters. The Hall–Kier alpha value is -0.820. The van der Waals surface area contributed by atoms with E-state index in [9.17, 15) is 8.60 Å². The SMILES string of the molecule is COCCS(=O)c1ccc(C(OC)C(N)CF)cc1. The highest BCUT2D eigenvalue weighted by Crippen LogP contribution is 2.21. The predicted molar refractivity (Wildman–Crippen MR) is 73.3 cm³/mol. The summed E-state index contributed by atoms with van der Waals surface area (Å²) in [6, 6.07) is 6.33. The van der Waals surface area contributed by atoms with Gasteiger partial charge in [0.25, 0.3) is 0 Å². The lowest BCUT2D eigenvalue weighted by molar-refractivity contribution is 0.0720. The van der Waals surface area contributed by atoms with Crippen LogP contribution in [0.5, 0.6) is 0 Å². The molecule has 0 saturated heterocycles. The van der Waals surface area contributed by atoms with Gasteiger partial charge in [0.15, 0.2) is 0 Å². The molecule has 0 spiro atoms. The second-order valence-corrected chi connectivity index (χ2v) is 5.66. The molecular weight excluding hydrogens is 269 g/mol. The number of alkyl halides is 1. The zero-order valence-electron chi connectivity index (χ0n) is 11.2. The highest BCUT2D eigenvalue weighted by molar-refractivity contribution is 7.85. The van der Waals surface area contributed by atoms with Gasteiger partial charge < -0.3 is 15.2 Å². The summed E-state index contributed by atoms with van der Waals surface area (Å²) >= 11 is 0. The van der Waals surface area contributed by atoms with Gasteiger partial charge >= 0.3 is 0 Å². The van der Waals surface area contributed by atoms with E-state index in [1.807, 2.05) is 0 Å². The third-order valence-corrected chi connectivity index (χ3v) is 4.10. The quantitative estimate of drug-likeness (QED) is 0.786. The van der Waals surface area contributed by atoms with Crippen molar-refractivity contribution < 1.29 is 18.1 Å². The number of hydrogen-bond acceptors (Lipinski definition) is 4. The van der Waals surface area contributed by atoms with Crippen LogP contribution in [0.1, 0.15) is 11.7 Å². The molecule has 19 heavy (non-hydrogen) atoms. The van der Waals surface area contributed by atoms with E-state index in [4.69, 9.17) is 15.2 Å². The smallest absolute Gasteiger partial charge is 0.107 e. The van der Waals surface area contributed by atoms with Crippen molar-refractivity contribution in [3.63, 3.8) is 0 Å². The molecule has 1 aromatic carbocycles. The van der Waals surface area contributed by atoms with Crippen LogP contribution in [0.4, 0.5) is 4.39 Å². The summed E-state index contributed by atoms with van der Waals surface area (Å²) in [6.45, 7) is -0.207. The van der Waals surface area contributed by atoms with E-state index in [1.165, 1.54) is 7.11 Å². The maximum Gasteiger partial charge on any atom is 0.107 e. The molecular formula is C13H20FNO3S. The average molecular weight is 289 g/mol. The van der Waals surface area contributed by atoms with Gasteiger partial charge in [0.2, 0.25) is 0 Å². The first-order valence-corrected chi connectivity index (χ1v) is 7.27. The van der Waals surface area contributed by atoms with Crippen molar-refractivity contribution in [1.82, 2.24) is 0 Å². The summed E-state index contributed by atoms with van der Waals surface area (Å²) in [5.41, 5.74) is 6.42. The van der Waals surface area contributed by atoms with Crippen LogP contribution in [0, 0.1) is 0 Å². The van der Waals surface area contributed by atoms with Crippen LogP contribution in [0.2, 0.25) is 0 Å². The molecule has 0 saturated carbocycles. The molecule has 108 valence electrons. The van der Waals surface area contributed by atoms with Crippen molar-refractivity contribution in [3.05, 3.63) is 29.8 Å². The third kappa shape index (κ3) is 4.65. The highest BCUT2D eigenvalue weighted by atomic mass is 32.2. The van der Waals surface area contributed by atoms with Crippen LogP contribution in [0.15, 0.2) is 29.2 Å². The van der Waals surface area contributed by atoms with Crippen LogP contribution in [-0.4, -0.2) is 43.5 Å². The van der Waals surface area contributed by atoms with Crippen LogP contribution in [-0.2, 0) is 20.3 Å². The van der Waals surface area contributed by atoms with Crippen LogP contribution in [0.25, 0.3) is 0 Å². The molecule has 0 amide bonds. The molecule has 0 bridgehead atoms. The summed E-state index contributed by atoms with van der Waals surface area (Å²) in [7, 11) is 1.97. The van der Waals surface area contributed by atoms with E-state index in [2.05, 4.69) is 0 Å². The maximum atomic E-state index is 12.6. The average Bonchev–Trinajstić information content (AvgIpc) is 2.46. The Morgan fingerprint density at radius 2 is 1.95 bits per heavy atom. The van der Waals surface area contributed by atoms with Gasteiger partial charge in [-0.2, -0.15) is 0 Å². The van der Waals surface area contributed by atoms with E-state index in [-0.39, 0.29) is 0 Å². The number of methoxy groups -OCH3 is 2. The minimum Gasteiger partial charge on any atom is -0.384 e. The van der Waals surface area contributed by atoms with Gasteiger partial charge in [0.1, 0.15) is 6.67 Å². The fraction of sp³-hybridized carbons (Fsp3) is 0.538. The molecule has 0 aliphatic carbocycles. The highest BCUT2D eigenvalue weighted by Gasteiger charge is 2.19. The number of halogens is 1. The van der Waals surface area contributed by atoms with Gasteiger partial charge in [-0.1, -0.05) is 12.1 Å². The number of rotatable bonds is 8. The van der Waals surface area contributed by atoms with Gasteiger partial charge in [-0.15, -0.1) is 0 Å². The van der Waals surface area contributed by atoms with Crippen LogP contribution < -0.4 is 5.73 Å². The van der Waals surface area contributed by atoms with E-state index < -0.39 is 29.6 Å². The topological polar surface area (TPSA) is 61.5 Å². The van der Waals surface area contributed by atoms with Gasteiger partial charge in [-0.05, 0) is 17.7 Å². The number of nitrogens with two attached hydrogens (primary N) is 1. The summed E-state index contributed by atoms with van der Waals surface area (Å²) in [5, 5.41) is 0. The van der Waals surface area contributed by atoms with Gasteiger partial charge in [0.05, 0.1) is 35.3 Å². The van der Waals surface area contributed by atoms with E-state index in [0.29, 0.717) is 17.3 Å². The molecule has 0 fully saturated rings. The minimum absolute atomic E-state index is 0.446. The largest absolute Gasteiger partial charge is 0.384 e. The van der Waals surface area contributed by atoms with Crippen molar-refractivity contribution in [3.8, 4) is 0 Å². The Morgan fingerprint density at radius 3 is 2.42 bits per heavy atom. The molecule has 2 N–H and O–H groups in total. The molecule has 0 aliphatic heterocycles. The standard InChI is InChI=1S/C13H20FNO3S/c1-17-7-8-19(16)11-5-3-10(4-6-11)13(18-2)12(15)9-14/h3-6,12-13H,7-9,15H2,1-2H3. The second kappa shape index (κ2) is 8.37. The van der Waals surface area contributed by atoms with E-state index in [0.717, 1.165) is 5.56 Å². The van der Waals surface area contributed by atoms with E-state index in [1.54, 1.807) is 31.4 Å². The molecule has 1 rings (SSSR count). The summed E-state index contributed by atoms with van der Waals surface area (Å²) in [5.74, 6) is 0.452. The summed E-state index contributed by atoms with van der Waals surface area (Å²) < 4.78 is 34.5. The molecule has 3 atom stereocenters. The summed E-state index contributed by atoms with van der Waals surface area (Å²) in [6.07, 6.45) is -0.494. The predicted octanol–water partition coefficient (Wildman–Crippen LogP) is 1.42. The van der Waals surface area contributed by atoms with Crippen LogP contribution in [0.3, 0.4) is 0 Å². The Balaban J connectivity index is 2.77. The Morgan fingerprint density at radius 1 is 1.32 bits per heavy atom. The molecule has 0 aromatic heterocycles. The lowest BCUT2D eigenvalue weighted by atomic mass is 10.0. The molecule has 0 heterocycles. The zero-order valence-corrected chi connectivity index (χ0v) is 12.0. The number of hydrogen-bond donors (Lipinski definition) is 1. The normalized spacial score (nSPS) is 16.0. The van der Waals surface area contributed by atoms with Crippen molar-refractivity contribution in [2.45, 2.75) is 17.0 Å². The number of benzene rings is 1. The van der Waals surface area contributed by atoms with Crippen LogP contribution >= 0.6 is 0 Å². The first-order chi connectivity index (χ1) is 9.13. The molecule has 0 aliphatic rings. The molecule has 0 radical (unpaired) electrons. The first kappa shape index (κ1) is 16.2. The lowest BCUT2D eigenvalue weighted by Crippen LogP contribution is -2.31. The monoisotopic (exact) mass is 289 g/mol. The fourth-order valence-corrected chi connectivity index (χ4v) is 2.72. The summed E-state index contributed by atoms with van der Waals surface area (Å²) in [4.78, 5) is 0.712. The van der Waals surface area contributed by atoms with E-state index >= 15 is 0 Å². The van der Waals surface area contributed by atoms with Crippen molar-refractivity contribution in [2.75, 3.05) is 33.3 Å². The Kier molecular flexibility index (Phi) is 7.15. The van der Waals surface area contributed by atoms with Gasteiger partial charge in [0, 0.05) is 19.1 Å². The first-order valence-electron chi connectivity index (χ1n) is 5.95. The maximum absolute atomic E-state index is 12.6. The van der Waals surface area contributed by atoms with Crippen molar-refractivity contribution >= 4 is 10.8 Å². The third-order valence-electron chi connectivity index (χ3n) is 2.77. The Bertz CT molecular complexity index is 399. The zero-order chi connectivity index (χ0) is 14.3. The van der Waals surface area contributed by atoms with Gasteiger partial charge in [-0.25, -0.2) is 4.39 Å². The molecule has 1 aromatic rings. The van der Waals surface area contributed by atoms with Crippen molar-refractivity contribution in [1.29, 1.82) is 0 Å². The minimum atomic E-state index is -1.09. The lowest BCUT2D eigenvalue weighted by Gasteiger charge is -2.20. The van der Waals surface area contributed by atoms with Gasteiger partial charge in [-0.3, -0.25) is 4.21 Å². The number of ether oxygens (including phenoxy) is 2.